The molecule has 3 heteroatoms. The first-order valence-electron chi connectivity index (χ1n) is 6.78. The minimum atomic E-state index is 0.135. The second-order valence-corrected chi connectivity index (χ2v) is 6.90. The summed E-state index contributed by atoms with van der Waals surface area (Å²) in [6, 6.07) is 1.98. The van der Waals surface area contributed by atoms with Gasteiger partial charge in [0.2, 0.25) is 0 Å². The van der Waals surface area contributed by atoms with Gasteiger partial charge in [0.05, 0.1) is 6.10 Å². The van der Waals surface area contributed by atoms with Gasteiger partial charge in [0.15, 0.2) is 5.78 Å². The van der Waals surface area contributed by atoms with Gasteiger partial charge in [-0.3, -0.25) is 4.79 Å². The molecule has 1 aromatic heterocycles. The highest BCUT2D eigenvalue weighted by molar-refractivity contribution is 7.12. The lowest BCUT2D eigenvalue weighted by Crippen LogP contribution is -2.23. The van der Waals surface area contributed by atoms with Gasteiger partial charge in [0, 0.05) is 15.3 Å². The van der Waals surface area contributed by atoms with E-state index in [1.54, 1.807) is 11.3 Å². The molecule has 0 N–H and O–H groups in total. The van der Waals surface area contributed by atoms with Crippen LogP contribution in [0.15, 0.2) is 6.07 Å². The SMILES string of the molecule is Cc1cc(C(=O)COC2CCC(C)CC2)c(C)s1. The van der Waals surface area contributed by atoms with Crippen LogP contribution in [-0.4, -0.2) is 18.5 Å². The van der Waals surface area contributed by atoms with Crippen molar-refractivity contribution in [3.8, 4) is 0 Å². The van der Waals surface area contributed by atoms with E-state index in [-0.39, 0.29) is 12.4 Å². The number of hydrogen-bond acceptors (Lipinski definition) is 3. The van der Waals surface area contributed by atoms with E-state index in [1.165, 1.54) is 17.7 Å². The summed E-state index contributed by atoms with van der Waals surface area (Å²) in [5.41, 5.74) is 0.849. The van der Waals surface area contributed by atoms with E-state index in [0.717, 1.165) is 29.2 Å². The van der Waals surface area contributed by atoms with E-state index >= 15 is 0 Å². The first kappa shape index (κ1) is 13.8. The molecule has 1 fully saturated rings. The molecule has 1 aromatic rings. The third kappa shape index (κ3) is 3.42. The van der Waals surface area contributed by atoms with Crippen molar-refractivity contribution >= 4 is 17.1 Å². The van der Waals surface area contributed by atoms with Crippen LogP contribution in [0.1, 0.15) is 52.7 Å². The van der Waals surface area contributed by atoms with Crippen molar-refractivity contribution < 1.29 is 9.53 Å². The van der Waals surface area contributed by atoms with Crippen molar-refractivity contribution in [3.63, 3.8) is 0 Å². The molecular formula is C15H22O2S. The quantitative estimate of drug-likeness (QED) is 0.765. The Morgan fingerprint density at radius 2 is 2.00 bits per heavy atom. The number of ether oxygens (including phenoxy) is 1. The largest absolute Gasteiger partial charge is 0.370 e. The van der Waals surface area contributed by atoms with Gasteiger partial charge in [-0.2, -0.15) is 0 Å². The molecule has 18 heavy (non-hydrogen) atoms. The number of aryl methyl sites for hydroxylation is 2. The monoisotopic (exact) mass is 266 g/mol. The Bertz CT molecular complexity index is 414. The van der Waals surface area contributed by atoms with Crippen LogP contribution >= 0.6 is 11.3 Å². The smallest absolute Gasteiger partial charge is 0.189 e. The van der Waals surface area contributed by atoms with Crippen LogP contribution in [0.2, 0.25) is 0 Å². The maximum absolute atomic E-state index is 12.1. The third-order valence-electron chi connectivity index (χ3n) is 3.75. The first-order valence-corrected chi connectivity index (χ1v) is 7.59. The van der Waals surface area contributed by atoms with Crippen molar-refractivity contribution in [2.45, 2.75) is 52.6 Å². The highest BCUT2D eigenvalue weighted by atomic mass is 32.1. The fraction of sp³-hybridized carbons (Fsp3) is 0.667. The molecule has 0 bridgehead atoms. The molecule has 0 aromatic carbocycles. The van der Waals surface area contributed by atoms with Crippen LogP contribution in [-0.2, 0) is 4.74 Å². The number of carbonyl (C=O) groups is 1. The predicted molar refractivity (Wildman–Crippen MR) is 75.5 cm³/mol. The molecule has 100 valence electrons. The third-order valence-corrected chi connectivity index (χ3v) is 4.72. The van der Waals surface area contributed by atoms with Gasteiger partial charge in [0.25, 0.3) is 0 Å². The van der Waals surface area contributed by atoms with E-state index in [0.29, 0.717) is 6.10 Å². The lowest BCUT2D eigenvalue weighted by atomic mass is 9.89. The minimum absolute atomic E-state index is 0.135. The van der Waals surface area contributed by atoms with Crippen LogP contribution < -0.4 is 0 Å². The van der Waals surface area contributed by atoms with E-state index in [1.807, 2.05) is 19.9 Å². The molecule has 1 heterocycles. The van der Waals surface area contributed by atoms with Gasteiger partial charge in [-0.15, -0.1) is 11.3 Å². The number of ketones is 1. The highest BCUT2D eigenvalue weighted by Crippen LogP contribution is 2.26. The molecule has 1 aliphatic rings. The molecule has 1 saturated carbocycles. The average molecular weight is 266 g/mol. The van der Waals surface area contributed by atoms with Crippen LogP contribution in [0.4, 0.5) is 0 Å². The standard InChI is InChI=1S/C15H22O2S/c1-10-4-6-13(7-5-10)17-9-15(16)14-8-11(2)18-12(14)3/h8,10,13H,4-7,9H2,1-3H3. The second-order valence-electron chi connectivity index (χ2n) is 5.44. The topological polar surface area (TPSA) is 26.3 Å². The second kappa shape index (κ2) is 5.98. The van der Waals surface area contributed by atoms with Gasteiger partial charge in [-0.1, -0.05) is 6.92 Å². The summed E-state index contributed by atoms with van der Waals surface area (Å²) < 4.78 is 5.77. The molecule has 0 atom stereocenters. The molecule has 0 saturated heterocycles. The maximum atomic E-state index is 12.1. The van der Waals surface area contributed by atoms with Gasteiger partial charge < -0.3 is 4.74 Å². The van der Waals surface area contributed by atoms with Crippen molar-refractivity contribution in [1.82, 2.24) is 0 Å². The first-order chi connectivity index (χ1) is 8.56. The summed E-state index contributed by atoms with van der Waals surface area (Å²) >= 11 is 1.68. The summed E-state index contributed by atoms with van der Waals surface area (Å²) in [6.07, 6.45) is 4.97. The van der Waals surface area contributed by atoms with Gasteiger partial charge in [0.1, 0.15) is 6.61 Å². The summed E-state index contributed by atoms with van der Waals surface area (Å²) in [5.74, 6) is 0.956. The number of hydrogen-bond donors (Lipinski definition) is 0. The van der Waals surface area contributed by atoms with E-state index in [4.69, 9.17) is 4.74 Å². The van der Waals surface area contributed by atoms with E-state index in [9.17, 15) is 4.79 Å². The molecular weight excluding hydrogens is 244 g/mol. The number of carbonyl (C=O) groups excluding carboxylic acids is 1. The molecule has 0 amide bonds. The van der Waals surface area contributed by atoms with Gasteiger partial charge >= 0.3 is 0 Å². The summed E-state index contributed by atoms with van der Waals surface area (Å²) in [7, 11) is 0. The van der Waals surface area contributed by atoms with Crippen LogP contribution in [0.25, 0.3) is 0 Å². The molecule has 2 rings (SSSR count). The lowest BCUT2D eigenvalue weighted by Gasteiger charge is -2.25. The Balaban J connectivity index is 1.83. The van der Waals surface area contributed by atoms with Crippen LogP contribution in [0.3, 0.4) is 0 Å². The average Bonchev–Trinajstić information content (AvgIpc) is 2.67. The fourth-order valence-corrected chi connectivity index (χ4v) is 3.52. The molecule has 0 spiro atoms. The lowest BCUT2D eigenvalue weighted by molar-refractivity contribution is 0.0217. The Labute approximate surface area is 113 Å². The molecule has 0 unspecified atom stereocenters. The maximum Gasteiger partial charge on any atom is 0.189 e. The van der Waals surface area contributed by atoms with Crippen molar-refractivity contribution in [3.05, 3.63) is 21.4 Å². The number of rotatable bonds is 4. The zero-order valence-electron chi connectivity index (χ0n) is 11.5. The van der Waals surface area contributed by atoms with Gasteiger partial charge in [-0.25, -0.2) is 0 Å². The van der Waals surface area contributed by atoms with E-state index in [2.05, 4.69) is 6.92 Å². The van der Waals surface area contributed by atoms with Crippen molar-refractivity contribution in [1.29, 1.82) is 0 Å². The molecule has 0 radical (unpaired) electrons. The van der Waals surface area contributed by atoms with Gasteiger partial charge in [-0.05, 0) is 51.5 Å². The fourth-order valence-electron chi connectivity index (χ4n) is 2.58. The summed E-state index contributed by atoms with van der Waals surface area (Å²) in [6.45, 7) is 6.58. The van der Waals surface area contributed by atoms with Crippen molar-refractivity contribution in [2.75, 3.05) is 6.61 Å². The number of thiophene rings is 1. The molecule has 2 nitrogen and oxygen atoms in total. The van der Waals surface area contributed by atoms with Crippen molar-refractivity contribution in [2.24, 2.45) is 5.92 Å². The number of Topliss-reactive ketones (excluding diaryl/α,β-unsaturated/α-hetero) is 1. The molecule has 0 aliphatic heterocycles. The Morgan fingerprint density at radius 1 is 1.33 bits per heavy atom. The Kier molecular flexibility index (Phi) is 4.57. The normalized spacial score (nSPS) is 24.2. The molecule has 1 aliphatic carbocycles. The minimum Gasteiger partial charge on any atom is -0.370 e. The Hall–Kier alpha value is -0.670. The summed E-state index contributed by atoms with van der Waals surface area (Å²) in [5, 5.41) is 0. The van der Waals surface area contributed by atoms with E-state index < -0.39 is 0 Å². The highest BCUT2D eigenvalue weighted by Gasteiger charge is 2.20. The zero-order valence-corrected chi connectivity index (χ0v) is 12.3. The summed E-state index contributed by atoms with van der Waals surface area (Å²) in [4.78, 5) is 14.4. The zero-order chi connectivity index (χ0) is 13.1. The predicted octanol–water partition coefficient (Wildman–Crippen LogP) is 4.14. The van der Waals surface area contributed by atoms with Crippen LogP contribution in [0, 0.1) is 19.8 Å². The van der Waals surface area contributed by atoms with Crippen LogP contribution in [0.5, 0.6) is 0 Å². The Morgan fingerprint density at radius 3 is 2.56 bits per heavy atom.